The molecule has 3 aliphatic heterocycles. The topological polar surface area (TPSA) is 52.2 Å². The molecule has 1 N–H and O–H groups in total. The zero-order valence-electron chi connectivity index (χ0n) is 18.7. The molecule has 0 amide bonds. The fraction of sp³-hybridized carbons (Fsp3) is 0.269. The van der Waals surface area contributed by atoms with Crippen LogP contribution in [0.4, 0.5) is 17.1 Å². The van der Waals surface area contributed by atoms with Crippen LogP contribution in [-0.4, -0.2) is 28.6 Å². The highest BCUT2D eigenvalue weighted by atomic mass is 32.2. The normalized spacial score (nSPS) is 21.9. The summed E-state index contributed by atoms with van der Waals surface area (Å²) in [4.78, 5) is 9.40. The van der Waals surface area contributed by atoms with Gasteiger partial charge in [0.15, 0.2) is 16.7 Å². The molecule has 0 aliphatic carbocycles. The summed E-state index contributed by atoms with van der Waals surface area (Å²) in [5.41, 5.74) is 6.76. The number of hydrogen-bond acceptors (Lipinski definition) is 5. The maximum Gasteiger partial charge on any atom is 0.265 e. The number of amidine groups is 1. The van der Waals surface area contributed by atoms with E-state index in [9.17, 15) is 0 Å². The molecule has 0 spiro atoms. The van der Waals surface area contributed by atoms with Gasteiger partial charge in [0.1, 0.15) is 5.75 Å². The molecule has 2 bridgehead atoms. The molecule has 0 aromatic heterocycles. The predicted molar refractivity (Wildman–Crippen MR) is 135 cm³/mol. The van der Waals surface area contributed by atoms with E-state index in [0.717, 1.165) is 53.7 Å². The van der Waals surface area contributed by atoms with Crippen LogP contribution in [0.25, 0.3) is 0 Å². The van der Waals surface area contributed by atoms with E-state index in [1.54, 1.807) is 18.9 Å². The first-order chi connectivity index (χ1) is 16.3. The summed E-state index contributed by atoms with van der Waals surface area (Å²) in [6.07, 6.45) is 4.28. The Bertz CT molecular complexity index is 1120. The molecule has 6 rings (SSSR count). The number of aliphatic imine (C=N–C) groups is 1. The summed E-state index contributed by atoms with van der Waals surface area (Å²) in [5, 5.41) is 6.10. The number of thioether (sulfide) groups is 1. The van der Waals surface area contributed by atoms with Crippen LogP contribution in [0.15, 0.2) is 95.0 Å². The maximum atomic E-state index is 5.32. The highest BCUT2D eigenvalue weighted by Gasteiger charge is 2.35. The van der Waals surface area contributed by atoms with E-state index >= 15 is 0 Å². The molecule has 3 heterocycles. The molecule has 7 heteroatoms. The van der Waals surface area contributed by atoms with E-state index in [4.69, 9.17) is 14.8 Å². The second kappa shape index (κ2) is 10.1. The summed E-state index contributed by atoms with van der Waals surface area (Å²) in [6, 6.07) is 28.7. The Balaban J connectivity index is 1.61. The molecule has 168 valence electrons. The van der Waals surface area contributed by atoms with Crippen LogP contribution in [0.5, 0.6) is 5.75 Å². The predicted octanol–water partition coefficient (Wildman–Crippen LogP) is 6.46. The van der Waals surface area contributed by atoms with Crippen LogP contribution >= 0.6 is 11.8 Å². The Morgan fingerprint density at radius 2 is 1.64 bits per heavy atom. The van der Waals surface area contributed by atoms with Crippen LogP contribution in [0, 0.1) is 0 Å². The van der Waals surface area contributed by atoms with Crippen LogP contribution in [0.2, 0.25) is 0 Å². The molecule has 0 saturated carbocycles. The molecular weight excluding hydrogens is 430 g/mol. The van der Waals surface area contributed by atoms with Gasteiger partial charge in [0, 0.05) is 27.7 Å². The van der Waals surface area contributed by atoms with Gasteiger partial charge in [-0.2, -0.15) is 0 Å². The first kappa shape index (κ1) is 21.5. The number of anilines is 1. The second-order valence-electron chi connectivity index (χ2n) is 8.06. The van der Waals surface area contributed by atoms with E-state index in [0.29, 0.717) is 0 Å². The number of hydrogen-bond donors (Lipinski definition) is 1. The number of para-hydroxylation sites is 2. The van der Waals surface area contributed by atoms with Crippen molar-refractivity contribution in [1.82, 2.24) is 5.43 Å². The Labute approximate surface area is 199 Å². The molecule has 3 aromatic carbocycles. The van der Waals surface area contributed by atoms with Crippen LogP contribution < -0.4 is 15.1 Å². The van der Waals surface area contributed by atoms with Crippen molar-refractivity contribution in [3.05, 3.63) is 84.9 Å². The Morgan fingerprint density at radius 1 is 0.939 bits per heavy atom. The van der Waals surface area contributed by atoms with Crippen molar-refractivity contribution >= 4 is 34.0 Å². The molecule has 1 fully saturated rings. The average Bonchev–Trinajstić information content (AvgIpc) is 3.01. The zero-order chi connectivity index (χ0) is 22.5. The minimum absolute atomic E-state index is 0.0138. The van der Waals surface area contributed by atoms with E-state index < -0.39 is 0 Å². The highest BCUT2D eigenvalue weighted by Crippen LogP contribution is 2.35. The lowest BCUT2D eigenvalue weighted by Gasteiger charge is -2.33. The van der Waals surface area contributed by atoms with Gasteiger partial charge in [-0.1, -0.05) is 54.6 Å². The lowest BCUT2D eigenvalue weighted by Crippen LogP contribution is -2.52. The Hall–Kier alpha value is -3.32. The average molecular weight is 459 g/mol. The summed E-state index contributed by atoms with van der Waals surface area (Å²) in [6.45, 7) is 0. The van der Waals surface area contributed by atoms with Crippen LogP contribution in [0.1, 0.15) is 25.7 Å². The molecule has 6 nitrogen and oxygen atoms in total. The number of nitrogens with one attached hydrogen (secondary N) is 1. The Kier molecular flexibility index (Phi) is 6.58. The summed E-state index contributed by atoms with van der Waals surface area (Å²) in [7, 11) is 1.68. The quantitative estimate of drug-likeness (QED) is 0.456. The van der Waals surface area contributed by atoms with Crippen molar-refractivity contribution < 1.29 is 9.54 Å². The molecule has 0 radical (unpaired) electrons. The third-order valence-corrected chi connectivity index (χ3v) is 6.89. The van der Waals surface area contributed by atoms with Crippen LogP contribution in [-0.2, 0) is 0 Å². The molecule has 0 unspecified atom stereocenters. The third kappa shape index (κ3) is 5.03. The van der Waals surface area contributed by atoms with Crippen molar-refractivity contribution in [2.24, 2.45) is 10.1 Å². The van der Waals surface area contributed by atoms with E-state index in [-0.39, 0.29) is 11.5 Å². The Morgan fingerprint density at radius 3 is 2.36 bits per heavy atom. The highest BCUT2D eigenvalue weighted by molar-refractivity contribution is 8.14. The largest absolute Gasteiger partial charge is 0.497 e. The van der Waals surface area contributed by atoms with E-state index in [2.05, 4.69) is 52.8 Å². The van der Waals surface area contributed by atoms with Gasteiger partial charge >= 0.3 is 0 Å². The maximum absolute atomic E-state index is 5.32. The molecule has 33 heavy (non-hydrogen) atoms. The van der Waals surface area contributed by atoms with Crippen LogP contribution in [0.3, 0.4) is 0 Å². The smallest absolute Gasteiger partial charge is 0.265 e. The van der Waals surface area contributed by atoms with Crippen molar-refractivity contribution in [3.63, 3.8) is 0 Å². The van der Waals surface area contributed by atoms with Gasteiger partial charge in [0.05, 0.1) is 12.8 Å². The summed E-state index contributed by atoms with van der Waals surface area (Å²) >= 11 is 1.74. The van der Waals surface area contributed by atoms with Gasteiger partial charge in [0.25, 0.3) is 5.69 Å². The first-order valence-electron chi connectivity index (χ1n) is 11.4. The number of ether oxygens (including phenoxy) is 1. The number of nitrogens with zero attached hydrogens (tertiary/aromatic N) is 4. The number of rotatable bonds is 4. The number of methoxy groups -OCH3 is 1. The van der Waals surface area contributed by atoms with Gasteiger partial charge in [-0.05, 0) is 55.7 Å². The lowest BCUT2D eigenvalue weighted by molar-refractivity contribution is -0.582. The summed E-state index contributed by atoms with van der Waals surface area (Å²) < 4.78 is 5.32. The third-order valence-electron chi connectivity index (χ3n) is 5.79. The molecule has 3 aliphatic rings. The number of benzene rings is 3. The van der Waals surface area contributed by atoms with Gasteiger partial charge in [-0.15, -0.1) is 5.43 Å². The molecule has 2 atom stereocenters. The van der Waals surface area contributed by atoms with Gasteiger partial charge in [0.2, 0.25) is 0 Å². The molecule has 3 aromatic rings. The SMILES string of the molecule is COc1ccc(N=C2S[C@@H]3CCCC[C@@H](N[N+](c4ccccc4)=N3)N2c2ccccc2)cc1. The number of azo groups is 1. The van der Waals surface area contributed by atoms with Crippen molar-refractivity contribution in [2.45, 2.75) is 37.2 Å². The lowest BCUT2D eigenvalue weighted by atomic mass is 10.1. The van der Waals surface area contributed by atoms with Crippen molar-refractivity contribution in [2.75, 3.05) is 12.0 Å². The zero-order valence-corrected chi connectivity index (χ0v) is 19.5. The number of fused-ring (bicyclic) bond motifs is 6. The van der Waals surface area contributed by atoms with E-state index in [1.165, 1.54) is 0 Å². The standard InChI is InChI=1S/C26H28N5OS/c1-32-23-18-16-20(17-19-23)27-26-30(21-10-4-2-5-11-21)24-14-8-9-15-25(33-26)29-31(28-24)22-12-6-3-7-13-22/h2-7,10-13,16-19,24-25H,8-9,14-15H2,1H3,(H,28,29)/q+1/t24-,25+/m0/s1. The number of hydrazine groups is 1. The second-order valence-corrected chi connectivity index (χ2v) is 9.21. The monoisotopic (exact) mass is 458 g/mol. The van der Waals surface area contributed by atoms with E-state index in [1.807, 2.05) is 47.3 Å². The van der Waals surface area contributed by atoms with Crippen molar-refractivity contribution in [3.8, 4) is 5.75 Å². The molecular formula is C26H28N5OS+. The first-order valence-corrected chi connectivity index (χ1v) is 12.2. The minimum atomic E-state index is 0.0138. The molecule has 1 saturated heterocycles. The van der Waals surface area contributed by atoms with Crippen molar-refractivity contribution in [1.29, 1.82) is 0 Å². The minimum Gasteiger partial charge on any atom is -0.497 e. The van der Waals surface area contributed by atoms with Gasteiger partial charge < -0.3 is 4.74 Å². The fourth-order valence-electron chi connectivity index (χ4n) is 4.10. The summed E-state index contributed by atoms with van der Waals surface area (Å²) in [5.74, 6) is 0.827. The van der Waals surface area contributed by atoms with Gasteiger partial charge in [-0.3, -0.25) is 4.90 Å². The fourth-order valence-corrected chi connectivity index (χ4v) is 5.27. The van der Waals surface area contributed by atoms with Gasteiger partial charge in [-0.25, -0.2) is 4.99 Å².